The Morgan fingerprint density at radius 3 is 2.96 bits per heavy atom. The van der Waals surface area contributed by atoms with Gasteiger partial charge in [-0.05, 0) is 24.6 Å². The zero-order valence-electron chi connectivity index (χ0n) is 12.5. The Labute approximate surface area is 146 Å². The summed E-state index contributed by atoms with van der Waals surface area (Å²) in [7, 11) is 0. The van der Waals surface area contributed by atoms with Gasteiger partial charge in [0.1, 0.15) is 0 Å². The summed E-state index contributed by atoms with van der Waals surface area (Å²) in [4.78, 5) is 25.6. The Morgan fingerprint density at radius 2 is 2.17 bits per heavy atom. The second-order valence-electron chi connectivity index (χ2n) is 5.16. The highest BCUT2D eigenvalue weighted by molar-refractivity contribution is 9.10. The van der Waals surface area contributed by atoms with Crippen LogP contribution in [0, 0.1) is 0 Å². The largest absolute Gasteiger partial charge is 0.320 e. The van der Waals surface area contributed by atoms with E-state index in [0.29, 0.717) is 23.0 Å². The molecule has 3 rings (SSSR count). The summed E-state index contributed by atoms with van der Waals surface area (Å²) in [6, 6.07) is 5.49. The molecule has 1 fully saturated rings. The molecule has 120 valence electrons. The zero-order valence-corrected chi connectivity index (χ0v) is 14.9. The third kappa shape index (κ3) is 3.32. The normalized spacial score (nSPS) is 20.5. The van der Waals surface area contributed by atoms with Gasteiger partial charge in [-0.25, -0.2) is 0 Å². The van der Waals surface area contributed by atoms with E-state index in [1.54, 1.807) is 4.90 Å². The van der Waals surface area contributed by atoms with Gasteiger partial charge in [0.15, 0.2) is 10.9 Å². The highest BCUT2D eigenvalue weighted by Gasteiger charge is 2.29. The minimum atomic E-state index is -0.281. The summed E-state index contributed by atoms with van der Waals surface area (Å²) < 4.78 is 0.864. The molecule has 2 heterocycles. The Hall–Kier alpha value is -1.67. The first-order valence-corrected chi connectivity index (χ1v) is 9.08. The van der Waals surface area contributed by atoms with E-state index >= 15 is 0 Å². The molecule has 6 nitrogen and oxygen atoms in total. The first-order chi connectivity index (χ1) is 11.1. The third-order valence-corrected chi connectivity index (χ3v) is 4.97. The molecule has 0 aliphatic carbocycles. The molecule has 2 aliphatic rings. The summed E-state index contributed by atoms with van der Waals surface area (Å²) >= 11 is 4.75. The number of anilines is 1. The number of thioether (sulfide) groups is 1. The van der Waals surface area contributed by atoms with Gasteiger partial charge in [-0.1, -0.05) is 41.0 Å². The van der Waals surface area contributed by atoms with E-state index in [-0.39, 0.29) is 17.5 Å². The van der Waals surface area contributed by atoms with E-state index < -0.39 is 0 Å². The summed E-state index contributed by atoms with van der Waals surface area (Å²) in [5, 5.41) is 11.6. The number of amides is 2. The molecule has 2 amide bonds. The predicted octanol–water partition coefficient (Wildman–Crippen LogP) is 2.84. The molecule has 0 unspecified atom stereocenters. The number of benzene rings is 1. The topological polar surface area (TPSA) is 74.1 Å². The number of fused-ring (bicyclic) bond motifs is 1. The molecule has 0 radical (unpaired) electrons. The van der Waals surface area contributed by atoms with Crippen molar-refractivity contribution in [1.82, 2.24) is 4.90 Å². The predicted molar refractivity (Wildman–Crippen MR) is 95.8 cm³/mol. The number of rotatable bonds is 4. The number of carbonyl (C=O) groups excluding carboxylic acids is 2. The van der Waals surface area contributed by atoms with E-state index in [2.05, 4.69) is 38.4 Å². The summed E-state index contributed by atoms with van der Waals surface area (Å²) in [5.41, 5.74) is 1.70. The number of nitrogens with zero attached hydrogens (tertiary/aromatic N) is 3. The quantitative estimate of drug-likeness (QED) is 0.797. The maximum Gasteiger partial charge on any atom is 0.276 e. The number of amidine groups is 1. The van der Waals surface area contributed by atoms with E-state index in [1.807, 2.05) is 18.2 Å². The minimum absolute atomic E-state index is 0.0430. The molecule has 1 N–H and O–H groups in total. The molecule has 0 atom stereocenters. The lowest BCUT2D eigenvalue weighted by Crippen LogP contribution is -2.30. The van der Waals surface area contributed by atoms with Crippen molar-refractivity contribution in [3.8, 4) is 0 Å². The van der Waals surface area contributed by atoms with Crippen molar-refractivity contribution in [2.24, 2.45) is 10.2 Å². The SMILES string of the molecule is CCCCN1C(=O)CS/C1=N\N=C1\C(=O)Nc2ccc(Br)cc21. The molecule has 0 saturated carbocycles. The molecule has 8 heteroatoms. The van der Waals surface area contributed by atoms with Crippen molar-refractivity contribution >= 4 is 56.1 Å². The number of unbranched alkanes of at least 4 members (excludes halogenated alkanes) is 1. The molecule has 2 aliphatic heterocycles. The van der Waals surface area contributed by atoms with Crippen LogP contribution in [0.1, 0.15) is 25.3 Å². The molecule has 23 heavy (non-hydrogen) atoms. The lowest BCUT2D eigenvalue weighted by Gasteiger charge is -2.13. The van der Waals surface area contributed by atoms with Crippen LogP contribution in [0.4, 0.5) is 5.69 Å². The fourth-order valence-corrected chi connectivity index (χ4v) is 3.54. The Kier molecular flexibility index (Phi) is 4.82. The highest BCUT2D eigenvalue weighted by atomic mass is 79.9. The number of carbonyl (C=O) groups is 2. The van der Waals surface area contributed by atoms with Gasteiger partial charge in [0.25, 0.3) is 5.91 Å². The second kappa shape index (κ2) is 6.84. The minimum Gasteiger partial charge on any atom is -0.320 e. The molecular weight excluding hydrogens is 380 g/mol. The molecule has 0 spiro atoms. The lowest BCUT2D eigenvalue weighted by atomic mass is 10.1. The van der Waals surface area contributed by atoms with E-state index in [0.717, 1.165) is 23.0 Å². The van der Waals surface area contributed by atoms with Crippen molar-refractivity contribution in [2.45, 2.75) is 19.8 Å². The van der Waals surface area contributed by atoms with Crippen LogP contribution in [0.2, 0.25) is 0 Å². The fourth-order valence-electron chi connectivity index (χ4n) is 2.33. The van der Waals surface area contributed by atoms with E-state index in [4.69, 9.17) is 0 Å². The van der Waals surface area contributed by atoms with Crippen molar-refractivity contribution < 1.29 is 9.59 Å². The van der Waals surface area contributed by atoms with Crippen LogP contribution in [0.5, 0.6) is 0 Å². The molecular formula is C15H15BrN4O2S. The van der Waals surface area contributed by atoms with E-state index in [9.17, 15) is 9.59 Å². The smallest absolute Gasteiger partial charge is 0.276 e. The van der Waals surface area contributed by atoms with Crippen LogP contribution in [-0.2, 0) is 9.59 Å². The Bertz CT molecular complexity index is 732. The van der Waals surface area contributed by atoms with Crippen molar-refractivity contribution in [3.63, 3.8) is 0 Å². The summed E-state index contributed by atoms with van der Waals surface area (Å²) in [6.07, 6.45) is 1.91. The summed E-state index contributed by atoms with van der Waals surface area (Å²) in [6.45, 7) is 2.71. The Balaban J connectivity index is 1.88. The molecule has 1 saturated heterocycles. The van der Waals surface area contributed by atoms with Gasteiger partial charge >= 0.3 is 0 Å². The number of nitrogens with one attached hydrogen (secondary N) is 1. The fraction of sp³-hybridized carbons (Fsp3) is 0.333. The van der Waals surface area contributed by atoms with Crippen LogP contribution in [0.15, 0.2) is 32.9 Å². The van der Waals surface area contributed by atoms with Gasteiger partial charge in [-0.2, -0.15) is 0 Å². The van der Waals surface area contributed by atoms with Gasteiger partial charge in [-0.3, -0.25) is 14.5 Å². The van der Waals surface area contributed by atoms with E-state index in [1.165, 1.54) is 11.8 Å². The molecule has 0 bridgehead atoms. The van der Waals surface area contributed by atoms with Crippen LogP contribution in [0.25, 0.3) is 0 Å². The van der Waals surface area contributed by atoms with Gasteiger partial charge in [-0.15, -0.1) is 10.2 Å². The average Bonchev–Trinajstić information content (AvgIpc) is 3.03. The van der Waals surface area contributed by atoms with Gasteiger partial charge in [0.2, 0.25) is 5.91 Å². The molecule has 1 aromatic rings. The van der Waals surface area contributed by atoms with Gasteiger partial charge in [0, 0.05) is 16.6 Å². The molecule has 0 aromatic heterocycles. The lowest BCUT2D eigenvalue weighted by molar-refractivity contribution is -0.124. The van der Waals surface area contributed by atoms with Crippen molar-refractivity contribution in [2.75, 3.05) is 17.6 Å². The number of hydrogen-bond acceptors (Lipinski definition) is 5. The highest BCUT2D eigenvalue weighted by Crippen LogP contribution is 2.27. The average molecular weight is 395 g/mol. The maximum atomic E-state index is 12.1. The first kappa shape index (κ1) is 16.2. The maximum absolute atomic E-state index is 12.1. The Morgan fingerprint density at radius 1 is 1.35 bits per heavy atom. The van der Waals surface area contributed by atoms with Crippen molar-refractivity contribution in [3.05, 3.63) is 28.2 Å². The van der Waals surface area contributed by atoms with Crippen molar-refractivity contribution in [1.29, 1.82) is 0 Å². The van der Waals surface area contributed by atoms with Gasteiger partial charge in [0.05, 0.1) is 11.4 Å². The van der Waals surface area contributed by atoms with Crippen LogP contribution in [-0.4, -0.2) is 39.9 Å². The zero-order chi connectivity index (χ0) is 16.4. The molecule has 1 aromatic carbocycles. The van der Waals surface area contributed by atoms with Crippen LogP contribution >= 0.6 is 27.7 Å². The monoisotopic (exact) mass is 394 g/mol. The standard InChI is InChI=1S/C15H15BrN4O2S/c1-2-3-6-20-12(21)8-23-15(20)19-18-13-10-7-9(16)4-5-11(10)17-14(13)22/h4-5,7H,2-3,6,8H2,1H3,(H,17,18,22)/b19-15-. The van der Waals surface area contributed by atoms with Crippen LogP contribution < -0.4 is 5.32 Å². The number of halogens is 1. The van der Waals surface area contributed by atoms with Crippen LogP contribution in [0.3, 0.4) is 0 Å². The first-order valence-electron chi connectivity index (χ1n) is 7.30. The number of hydrogen-bond donors (Lipinski definition) is 1. The summed E-state index contributed by atoms with van der Waals surface area (Å²) in [5.74, 6) is 0.139. The second-order valence-corrected chi connectivity index (χ2v) is 7.02. The van der Waals surface area contributed by atoms with Gasteiger partial charge < -0.3 is 5.32 Å². The third-order valence-electron chi connectivity index (χ3n) is 3.53.